The molecule has 1 saturated heterocycles. The van der Waals surface area contributed by atoms with Crippen molar-refractivity contribution in [1.29, 1.82) is 0 Å². The monoisotopic (exact) mass is 257 g/mol. The van der Waals surface area contributed by atoms with Crippen molar-refractivity contribution in [3.63, 3.8) is 0 Å². The van der Waals surface area contributed by atoms with Crippen molar-refractivity contribution in [3.8, 4) is 0 Å². The van der Waals surface area contributed by atoms with Crippen molar-refractivity contribution in [2.75, 3.05) is 19.8 Å². The molecular weight excluding hydrogens is 230 g/mol. The number of esters is 1. The zero-order valence-electron chi connectivity index (χ0n) is 12.0. The van der Waals surface area contributed by atoms with Crippen molar-refractivity contribution in [2.45, 2.75) is 64.5 Å². The van der Waals surface area contributed by atoms with Gasteiger partial charge in [-0.15, -0.1) is 0 Å². The van der Waals surface area contributed by atoms with Gasteiger partial charge in [-0.2, -0.15) is 0 Å². The third-order valence-electron chi connectivity index (χ3n) is 3.64. The Hall–Kier alpha value is -0.610. The van der Waals surface area contributed by atoms with E-state index in [4.69, 9.17) is 9.47 Å². The fourth-order valence-electron chi connectivity index (χ4n) is 2.32. The van der Waals surface area contributed by atoms with Crippen LogP contribution in [-0.4, -0.2) is 37.4 Å². The van der Waals surface area contributed by atoms with Crippen molar-refractivity contribution in [3.05, 3.63) is 0 Å². The molecule has 0 amide bonds. The molecule has 0 aliphatic carbocycles. The molecule has 0 aromatic rings. The van der Waals surface area contributed by atoms with Gasteiger partial charge in [-0.25, -0.2) is 0 Å². The SMILES string of the molecule is CCOC(=O)CCCNC1CCOC(C)(CC)C1. The van der Waals surface area contributed by atoms with Gasteiger partial charge in [0.2, 0.25) is 0 Å². The van der Waals surface area contributed by atoms with E-state index in [1.807, 2.05) is 6.92 Å². The molecule has 1 N–H and O–H groups in total. The Morgan fingerprint density at radius 3 is 2.94 bits per heavy atom. The van der Waals surface area contributed by atoms with Crippen LogP contribution in [-0.2, 0) is 14.3 Å². The summed E-state index contributed by atoms with van der Waals surface area (Å²) in [7, 11) is 0. The molecule has 1 heterocycles. The maximum absolute atomic E-state index is 11.2. The fraction of sp³-hybridized carbons (Fsp3) is 0.929. The molecule has 1 aliphatic heterocycles. The molecule has 4 heteroatoms. The summed E-state index contributed by atoms with van der Waals surface area (Å²) in [6, 6.07) is 0.519. The highest BCUT2D eigenvalue weighted by molar-refractivity contribution is 5.69. The lowest BCUT2D eigenvalue weighted by Crippen LogP contribution is -2.45. The van der Waals surface area contributed by atoms with E-state index in [1.54, 1.807) is 0 Å². The van der Waals surface area contributed by atoms with E-state index in [0.717, 1.165) is 38.8 Å². The van der Waals surface area contributed by atoms with Gasteiger partial charge in [-0.3, -0.25) is 4.79 Å². The van der Waals surface area contributed by atoms with Crippen LogP contribution in [0, 0.1) is 0 Å². The second-order valence-corrected chi connectivity index (χ2v) is 5.20. The highest BCUT2D eigenvalue weighted by Gasteiger charge is 2.31. The molecule has 0 aromatic heterocycles. The van der Waals surface area contributed by atoms with E-state index in [0.29, 0.717) is 19.1 Å². The maximum atomic E-state index is 11.2. The lowest BCUT2D eigenvalue weighted by molar-refractivity contribution is -0.143. The maximum Gasteiger partial charge on any atom is 0.305 e. The predicted molar refractivity (Wildman–Crippen MR) is 71.5 cm³/mol. The van der Waals surface area contributed by atoms with Crippen LogP contribution in [0.1, 0.15) is 52.9 Å². The predicted octanol–water partition coefficient (Wildman–Crippen LogP) is 2.27. The van der Waals surface area contributed by atoms with Crippen LogP contribution in [0.15, 0.2) is 0 Å². The first-order chi connectivity index (χ1) is 8.59. The second-order valence-electron chi connectivity index (χ2n) is 5.20. The minimum atomic E-state index is -0.0929. The Morgan fingerprint density at radius 1 is 1.50 bits per heavy atom. The van der Waals surface area contributed by atoms with Gasteiger partial charge in [0.15, 0.2) is 0 Å². The second kappa shape index (κ2) is 7.74. The van der Waals surface area contributed by atoms with Gasteiger partial charge in [0.05, 0.1) is 12.2 Å². The third-order valence-corrected chi connectivity index (χ3v) is 3.64. The molecule has 1 fully saturated rings. The summed E-state index contributed by atoms with van der Waals surface area (Å²) in [6.45, 7) is 8.37. The highest BCUT2D eigenvalue weighted by atomic mass is 16.5. The molecule has 1 rings (SSSR count). The minimum absolute atomic E-state index is 0.0249. The summed E-state index contributed by atoms with van der Waals surface area (Å²) in [5, 5.41) is 3.52. The van der Waals surface area contributed by atoms with E-state index >= 15 is 0 Å². The summed E-state index contributed by atoms with van der Waals surface area (Å²) < 4.78 is 10.7. The number of rotatable bonds is 7. The molecule has 4 nitrogen and oxygen atoms in total. The summed E-state index contributed by atoms with van der Waals surface area (Å²) >= 11 is 0. The van der Waals surface area contributed by atoms with Gasteiger partial charge in [0.25, 0.3) is 0 Å². The number of hydrogen-bond acceptors (Lipinski definition) is 4. The Bertz CT molecular complexity index is 257. The molecule has 0 radical (unpaired) electrons. The molecule has 18 heavy (non-hydrogen) atoms. The number of carbonyl (C=O) groups excluding carboxylic acids is 1. The average Bonchev–Trinajstić information content (AvgIpc) is 2.35. The van der Waals surface area contributed by atoms with Gasteiger partial charge in [-0.1, -0.05) is 6.92 Å². The first-order valence-corrected chi connectivity index (χ1v) is 7.12. The first-order valence-electron chi connectivity index (χ1n) is 7.12. The summed E-state index contributed by atoms with van der Waals surface area (Å²) in [6.07, 6.45) is 4.53. The van der Waals surface area contributed by atoms with Crippen LogP contribution in [0.4, 0.5) is 0 Å². The number of ether oxygens (including phenoxy) is 2. The molecule has 0 bridgehead atoms. The molecule has 2 unspecified atom stereocenters. The Labute approximate surface area is 110 Å². The van der Waals surface area contributed by atoms with Crippen molar-refractivity contribution in [1.82, 2.24) is 5.32 Å². The normalized spacial score (nSPS) is 28.1. The zero-order valence-corrected chi connectivity index (χ0v) is 12.0. The van der Waals surface area contributed by atoms with Crippen molar-refractivity contribution < 1.29 is 14.3 Å². The van der Waals surface area contributed by atoms with E-state index in [-0.39, 0.29) is 11.6 Å². The number of hydrogen-bond donors (Lipinski definition) is 1. The van der Waals surface area contributed by atoms with Crippen LogP contribution in [0.2, 0.25) is 0 Å². The summed E-state index contributed by atoms with van der Waals surface area (Å²) in [5.41, 5.74) is 0.0249. The smallest absolute Gasteiger partial charge is 0.305 e. The minimum Gasteiger partial charge on any atom is -0.466 e. The lowest BCUT2D eigenvalue weighted by atomic mass is 9.90. The van der Waals surface area contributed by atoms with E-state index in [1.165, 1.54) is 0 Å². The Balaban J connectivity index is 2.14. The summed E-state index contributed by atoms with van der Waals surface area (Å²) in [4.78, 5) is 11.2. The van der Waals surface area contributed by atoms with Crippen LogP contribution < -0.4 is 5.32 Å². The molecule has 0 saturated carbocycles. The Kier molecular flexibility index (Phi) is 6.65. The van der Waals surface area contributed by atoms with Crippen LogP contribution >= 0.6 is 0 Å². The van der Waals surface area contributed by atoms with Crippen molar-refractivity contribution in [2.24, 2.45) is 0 Å². The molecule has 0 spiro atoms. The topological polar surface area (TPSA) is 47.6 Å². The fourth-order valence-corrected chi connectivity index (χ4v) is 2.32. The molecule has 2 atom stereocenters. The van der Waals surface area contributed by atoms with E-state index in [9.17, 15) is 4.79 Å². The Morgan fingerprint density at radius 2 is 2.28 bits per heavy atom. The molecule has 106 valence electrons. The average molecular weight is 257 g/mol. The molecule has 0 aromatic carbocycles. The third kappa shape index (κ3) is 5.36. The van der Waals surface area contributed by atoms with Gasteiger partial charge < -0.3 is 14.8 Å². The quantitative estimate of drug-likeness (QED) is 0.561. The number of carbonyl (C=O) groups is 1. The lowest BCUT2D eigenvalue weighted by Gasteiger charge is -2.38. The molecular formula is C14H27NO3. The van der Waals surface area contributed by atoms with Gasteiger partial charge in [0.1, 0.15) is 0 Å². The zero-order chi connectivity index (χ0) is 13.4. The van der Waals surface area contributed by atoms with Gasteiger partial charge >= 0.3 is 5.97 Å². The van der Waals surface area contributed by atoms with E-state index in [2.05, 4.69) is 19.2 Å². The summed E-state index contributed by atoms with van der Waals surface area (Å²) in [5.74, 6) is -0.0929. The largest absolute Gasteiger partial charge is 0.466 e. The standard InChI is InChI=1S/C14H27NO3/c1-4-14(3)11-12(8-10-18-14)15-9-6-7-13(16)17-5-2/h12,15H,4-11H2,1-3H3. The van der Waals surface area contributed by atoms with Crippen LogP contribution in [0.25, 0.3) is 0 Å². The highest BCUT2D eigenvalue weighted by Crippen LogP contribution is 2.27. The molecule has 1 aliphatic rings. The number of nitrogens with one attached hydrogen (secondary N) is 1. The van der Waals surface area contributed by atoms with Crippen molar-refractivity contribution >= 4 is 5.97 Å². The van der Waals surface area contributed by atoms with Gasteiger partial charge in [0, 0.05) is 19.1 Å². The first kappa shape index (κ1) is 15.4. The van der Waals surface area contributed by atoms with Crippen LogP contribution in [0.5, 0.6) is 0 Å². The van der Waals surface area contributed by atoms with Crippen LogP contribution in [0.3, 0.4) is 0 Å². The van der Waals surface area contributed by atoms with E-state index < -0.39 is 0 Å². The van der Waals surface area contributed by atoms with Gasteiger partial charge in [-0.05, 0) is 46.1 Å².